The number of aliphatic hydroxyl groups excluding tert-OH is 2. The van der Waals surface area contributed by atoms with Crippen molar-refractivity contribution in [1.29, 1.82) is 0 Å². The van der Waals surface area contributed by atoms with E-state index in [9.17, 15) is 0 Å². The van der Waals surface area contributed by atoms with Gasteiger partial charge in [-0.3, -0.25) is 4.90 Å². The molecule has 1 aromatic rings. The van der Waals surface area contributed by atoms with Crippen LogP contribution in [0, 0.1) is 11.8 Å². The minimum atomic E-state index is -0.131. The molecule has 0 spiro atoms. The lowest BCUT2D eigenvalue weighted by Gasteiger charge is -2.22. The number of hydrogen-bond donors (Lipinski definition) is 2. The topological polar surface area (TPSA) is 52.9 Å². The Labute approximate surface area is 114 Å². The lowest BCUT2D eigenvalue weighted by molar-refractivity contribution is 0.140. The Morgan fingerprint density at radius 3 is 2.53 bits per heavy atom. The molecule has 2 N–H and O–H groups in total. The maximum atomic E-state index is 9.01. The van der Waals surface area contributed by atoms with Crippen molar-refractivity contribution in [1.82, 2.24) is 4.90 Å². The molecular formula is C15H21NO3. The molecule has 4 nitrogen and oxygen atoms in total. The van der Waals surface area contributed by atoms with Gasteiger partial charge >= 0.3 is 0 Å². The summed E-state index contributed by atoms with van der Waals surface area (Å²) in [5, 5.41) is 17.6. The number of ether oxygens (including phenoxy) is 1. The highest BCUT2D eigenvalue weighted by Gasteiger charge is 2.06. The zero-order valence-electron chi connectivity index (χ0n) is 11.5. The van der Waals surface area contributed by atoms with Crippen molar-refractivity contribution >= 4 is 0 Å². The van der Waals surface area contributed by atoms with Gasteiger partial charge in [0, 0.05) is 18.2 Å². The fourth-order valence-corrected chi connectivity index (χ4v) is 1.44. The van der Waals surface area contributed by atoms with Crippen LogP contribution in [0.3, 0.4) is 0 Å². The molecule has 1 aromatic carbocycles. The summed E-state index contributed by atoms with van der Waals surface area (Å²) in [6, 6.07) is 7.57. The summed E-state index contributed by atoms with van der Waals surface area (Å²) in [6.07, 6.45) is 0. The van der Waals surface area contributed by atoms with Gasteiger partial charge in [0.05, 0.1) is 6.61 Å². The minimum absolute atomic E-state index is 0.131. The number of likely N-dealkylation sites (N-methyl/N-ethyl adjacent to an activating group) is 1. The monoisotopic (exact) mass is 263 g/mol. The molecule has 0 aliphatic heterocycles. The van der Waals surface area contributed by atoms with E-state index in [-0.39, 0.29) is 19.3 Å². The molecule has 1 rings (SSSR count). The summed E-state index contributed by atoms with van der Waals surface area (Å²) in [5.41, 5.74) is 0.854. The summed E-state index contributed by atoms with van der Waals surface area (Å²) in [4.78, 5) is 2.04. The van der Waals surface area contributed by atoms with Crippen molar-refractivity contribution in [2.45, 2.75) is 13.0 Å². The molecule has 1 unspecified atom stereocenters. The molecule has 104 valence electrons. The number of hydrogen-bond acceptors (Lipinski definition) is 4. The van der Waals surface area contributed by atoms with Gasteiger partial charge in [0.15, 0.2) is 0 Å². The first-order chi connectivity index (χ1) is 9.17. The third-order valence-corrected chi connectivity index (χ3v) is 2.90. The van der Waals surface area contributed by atoms with Crippen LogP contribution in [0.2, 0.25) is 0 Å². The van der Waals surface area contributed by atoms with Crippen LogP contribution in [0.4, 0.5) is 0 Å². The highest BCUT2D eigenvalue weighted by Crippen LogP contribution is 2.11. The smallest absolute Gasteiger partial charge is 0.119 e. The van der Waals surface area contributed by atoms with Gasteiger partial charge in [-0.15, -0.1) is 0 Å². The van der Waals surface area contributed by atoms with E-state index >= 15 is 0 Å². The molecule has 0 fully saturated rings. The Balaban J connectivity index is 2.38. The molecule has 19 heavy (non-hydrogen) atoms. The lowest BCUT2D eigenvalue weighted by Crippen LogP contribution is -2.35. The summed E-state index contributed by atoms with van der Waals surface area (Å²) < 4.78 is 5.61. The van der Waals surface area contributed by atoms with Crippen LogP contribution in [0.1, 0.15) is 12.5 Å². The van der Waals surface area contributed by atoms with Crippen LogP contribution in [0.25, 0.3) is 0 Å². The third-order valence-electron chi connectivity index (χ3n) is 2.90. The highest BCUT2D eigenvalue weighted by atomic mass is 16.5. The van der Waals surface area contributed by atoms with Gasteiger partial charge in [-0.05, 0) is 38.2 Å². The van der Waals surface area contributed by atoms with E-state index in [0.717, 1.165) is 17.9 Å². The number of benzene rings is 1. The van der Waals surface area contributed by atoms with E-state index in [1.165, 1.54) is 0 Å². The van der Waals surface area contributed by atoms with Crippen molar-refractivity contribution in [3.05, 3.63) is 29.8 Å². The van der Waals surface area contributed by atoms with Gasteiger partial charge < -0.3 is 14.9 Å². The van der Waals surface area contributed by atoms with E-state index in [1.54, 1.807) is 0 Å². The largest absolute Gasteiger partial charge is 0.492 e. The number of nitrogens with zero attached hydrogens (tertiary/aromatic N) is 1. The van der Waals surface area contributed by atoms with Crippen LogP contribution in [-0.2, 0) is 0 Å². The molecule has 0 aromatic heterocycles. The van der Waals surface area contributed by atoms with Crippen LogP contribution < -0.4 is 4.74 Å². The average molecular weight is 263 g/mol. The molecule has 0 amide bonds. The molecule has 0 heterocycles. The standard InChI is InChI=1S/C15H21NO3/c1-13(12-18)16(2)9-11-19-15-7-5-14(6-8-15)4-3-10-17/h5-8,13,17-18H,9-12H2,1-2H3. The zero-order valence-corrected chi connectivity index (χ0v) is 11.5. The Hall–Kier alpha value is -1.54. The van der Waals surface area contributed by atoms with Crippen LogP contribution in [0.5, 0.6) is 5.75 Å². The Kier molecular flexibility index (Phi) is 6.98. The minimum Gasteiger partial charge on any atom is -0.492 e. The second-order valence-corrected chi connectivity index (χ2v) is 4.34. The summed E-state index contributed by atoms with van der Waals surface area (Å²) in [7, 11) is 1.96. The zero-order chi connectivity index (χ0) is 14.1. The summed E-state index contributed by atoms with van der Waals surface area (Å²) in [5.74, 6) is 6.21. The number of aliphatic hydroxyl groups is 2. The quantitative estimate of drug-likeness (QED) is 0.743. The van der Waals surface area contributed by atoms with E-state index in [1.807, 2.05) is 43.1 Å². The van der Waals surface area contributed by atoms with Crippen molar-refractivity contribution in [2.24, 2.45) is 0 Å². The first-order valence-electron chi connectivity index (χ1n) is 6.31. The van der Waals surface area contributed by atoms with Crippen molar-refractivity contribution < 1.29 is 14.9 Å². The average Bonchev–Trinajstić information content (AvgIpc) is 2.45. The van der Waals surface area contributed by atoms with Crippen LogP contribution in [-0.4, -0.2) is 54.6 Å². The SMILES string of the molecule is CC(CO)N(C)CCOc1ccc(C#CCO)cc1. The Morgan fingerprint density at radius 2 is 1.95 bits per heavy atom. The molecule has 0 aliphatic carbocycles. The van der Waals surface area contributed by atoms with Crippen molar-refractivity contribution in [2.75, 3.05) is 33.4 Å². The lowest BCUT2D eigenvalue weighted by atomic mass is 10.2. The van der Waals surface area contributed by atoms with Gasteiger partial charge in [0.1, 0.15) is 19.0 Å². The van der Waals surface area contributed by atoms with Gasteiger partial charge in [0.25, 0.3) is 0 Å². The predicted octanol–water partition coefficient (Wildman–Crippen LogP) is 0.722. The summed E-state index contributed by atoms with van der Waals surface area (Å²) >= 11 is 0. The molecule has 0 aliphatic rings. The van der Waals surface area contributed by atoms with E-state index in [0.29, 0.717) is 6.61 Å². The number of rotatable bonds is 6. The first kappa shape index (κ1) is 15.5. The maximum absolute atomic E-state index is 9.01. The molecule has 0 saturated carbocycles. The van der Waals surface area contributed by atoms with Crippen molar-refractivity contribution in [3.8, 4) is 17.6 Å². The van der Waals surface area contributed by atoms with Gasteiger partial charge in [0.2, 0.25) is 0 Å². The van der Waals surface area contributed by atoms with Crippen LogP contribution in [0.15, 0.2) is 24.3 Å². The van der Waals surface area contributed by atoms with Crippen LogP contribution >= 0.6 is 0 Å². The summed E-state index contributed by atoms with van der Waals surface area (Å²) in [6.45, 7) is 3.31. The molecule has 0 radical (unpaired) electrons. The van der Waals surface area contributed by atoms with Crippen molar-refractivity contribution in [3.63, 3.8) is 0 Å². The van der Waals surface area contributed by atoms with E-state index in [2.05, 4.69) is 11.8 Å². The van der Waals surface area contributed by atoms with E-state index in [4.69, 9.17) is 14.9 Å². The normalized spacial score (nSPS) is 11.8. The second kappa shape index (κ2) is 8.54. The van der Waals surface area contributed by atoms with Gasteiger partial charge in [-0.1, -0.05) is 11.8 Å². The predicted molar refractivity (Wildman–Crippen MR) is 75.1 cm³/mol. The second-order valence-electron chi connectivity index (χ2n) is 4.34. The molecule has 0 saturated heterocycles. The van der Waals surface area contributed by atoms with Gasteiger partial charge in [-0.25, -0.2) is 0 Å². The molecular weight excluding hydrogens is 242 g/mol. The molecule has 1 atom stereocenters. The fourth-order valence-electron chi connectivity index (χ4n) is 1.44. The molecule has 0 bridgehead atoms. The Morgan fingerprint density at radius 1 is 1.26 bits per heavy atom. The van der Waals surface area contributed by atoms with E-state index < -0.39 is 0 Å². The van der Waals surface area contributed by atoms with Gasteiger partial charge in [-0.2, -0.15) is 0 Å². The fraction of sp³-hybridized carbons (Fsp3) is 0.467. The third kappa shape index (κ3) is 5.75. The highest BCUT2D eigenvalue weighted by molar-refractivity contribution is 5.38. The Bertz CT molecular complexity index is 419. The maximum Gasteiger partial charge on any atom is 0.119 e. The first-order valence-corrected chi connectivity index (χ1v) is 6.31. The molecule has 4 heteroatoms.